The first-order valence-electron chi connectivity index (χ1n) is 11.3. The summed E-state index contributed by atoms with van der Waals surface area (Å²) in [6, 6.07) is 17.7. The van der Waals surface area contributed by atoms with Gasteiger partial charge in [-0.25, -0.2) is 4.79 Å². The maximum Gasteiger partial charge on any atom is 0.399 e. The van der Waals surface area contributed by atoms with Crippen LogP contribution in [0.5, 0.6) is 0 Å². The average Bonchev–Trinajstić information content (AvgIpc) is 2.92. The highest BCUT2D eigenvalue weighted by atomic mass is 31.2. The predicted octanol–water partition coefficient (Wildman–Crippen LogP) is 6.19. The van der Waals surface area contributed by atoms with E-state index >= 15 is 0 Å². The van der Waals surface area contributed by atoms with Crippen molar-refractivity contribution >= 4 is 21.2 Å². The number of amides is 2. The zero-order valence-electron chi connectivity index (χ0n) is 20.0. The van der Waals surface area contributed by atoms with Crippen LogP contribution >= 0.6 is 15.2 Å². The summed E-state index contributed by atoms with van der Waals surface area (Å²) in [7, 11) is -10.4. The molecule has 0 bridgehead atoms. The van der Waals surface area contributed by atoms with Crippen molar-refractivity contribution < 1.29 is 51.0 Å². The lowest BCUT2D eigenvalue weighted by Crippen LogP contribution is -2.38. The van der Waals surface area contributed by atoms with E-state index in [1.54, 1.807) is 24.3 Å². The molecule has 0 aliphatic carbocycles. The van der Waals surface area contributed by atoms with E-state index in [1.807, 2.05) is 6.07 Å². The van der Waals surface area contributed by atoms with Gasteiger partial charge < -0.3 is 20.4 Å². The second-order valence-corrected chi connectivity index (χ2v) is 12.0. The molecule has 0 saturated carbocycles. The number of halogens is 4. The fourth-order valence-corrected chi connectivity index (χ4v) is 4.89. The van der Waals surface area contributed by atoms with E-state index in [2.05, 4.69) is 20.1 Å². The van der Waals surface area contributed by atoms with Crippen LogP contribution in [-0.4, -0.2) is 15.8 Å². The first kappa shape index (κ1) is 30.5. The van der Waals surface area contributed by atoms with Crippen LogP contribution in [0.2, 0.25) is 0 Å². The maximum absolute atomic E-state index is 14.1. The Morgan fingerprint density at radius 2 is 1.41 bits per heavy atom. The van der Waals surface area contributed by atoms with Crippen molar-refractivity contribution in [2.24, 2.45) is 0 Å². The highest BCUT2D eigenvalue weighted by Crippen LogP contribution is 2.59. The Bertz CT molecular complexity index is 1330. The summed E-state index contributed by atoms with van der Waals surface area (Å²) in [4.78, 5) is 30.6. The molecule has 2 amide bonds. The normalized spacial score (nSPS) is 13.1. The summed E-state index contributed by atoms with van der Waals surface area (Å²) < 4.78 is 82.0. The Kier molecular flexibility index (Phi) is 10.1. The van der Waals surface area contributed by atoms with Gasteiger partial charge in [-0.2, -0.15) is 8.78 Å². The van der Waals surface area contributed by atoms with Gasteiger partial charge in [0.15, 0.2) is 0 Å². The molecule has 210 valence electrons. The predicted molar refractivity (Wildman–Crippen MR) is 133 cm³/mol. The van der Waals surface area contributed by atoms with E-state index in [4.69, 9.17) is 9.79 Å². The van der Waals surface area contributed by atoms with Gasteiger partial charge in [-0.15, -0.1) is 9.46 Å². The molecule has 0 fully saturated rings. The van der Waals surface area contributed by atoms with Gasteiger partial charge in [0.05, 0.1) is 12.2 Å². The lowest BCUT2D eigenvalue weighted by atomic mass is 9.97. The molecule has 0 saturated heterocycles. The molecule has 9 nitrogen and oxygen atoms in total. The summed E-state index contributed by atoms with van der Waals surface area (Å²) in [6.07, 6.45) is -0.566. The molecule has 0 heterocycles. The SMILES string of the molecule is O=C(NCc1ccccc1)NC(Cc1ccc(CP(=O)(OF)OF)cc1)c1ccc(C(F)(F)P(=O)(O)O)cc1. The average molecular weight is 590 g/mol. The molecule has 3 rings (SSSR count). The molecule has 3 aromatic carbocycles. The van der Waals surface area contributed by atoms with Gasteiger partial charge in [0.2, 0.25) is 0 Å². The van der Waals surface area contributed by atoms with Crippen molar-refractivity contribution in [3.05, 3.63) is 107 Å². The minimum absolute atomic E-state index is 0.115. The minimum Gasteiger partial charge on any atom is -0.334 e. The molecule has 1 atom stereocenters. The Hall–Kier alpha value is -3.05. The number of nitrogens with one attached hydrogen (secondary N) is 2. The van der Waals surface area contributed by atoms with Crippen LogP contribution < -0.4 is 10.6 Å². The zero-order chi connectivity index (χ0) is 28.7. The van der Waals surface area contributed by atoms with Crippen LogP contribution in [0, 0.1) is 0 Å². The van der Waals surface area contributed by atoms with Gasteiger partial charge in [0, 0.05) is 12.1 Å². The Morgan fingerprint density at radius 1 is 0.846 bits per heavy atom. The second kappa shape index (κ2) is 12.9. The van der Waals surface area contributed by atoms with Crippen LogP contribution in [0.4, 0.5) is 22.6 Å². The standard InChI is InChI=1S/C24H24F4N2O7P2/c25-24(26,39(33,34)35)21-12-10-20(11-13-21)22(30-23(31)29-15-18-4-2-1-3-5-18)14-17-6-8-19(9-7-17)16-38(32,36-27)37-28/h1-13,22H,14-16H2,(H2,29,30,31)(H2,33,34,35). The van der Waals surface area contributed by atoms with Crippen molar-refractivity contribution in [2.75, 3.05) is 0 Å². The van der Waals surface area contributed by atoms with E-state index in [0.717, 1.165) is 17.7 Å². The number of carbonyl (C=O) groups excluding carboxylic acids is 1. The molecule has 1 unspecified atom stereocenters. The van der Waals surface area contributed by atoms with E-state index in [9.17, 15) is 31.8 Å². The molecule has 0 spiro atoms. The Labute approximate surface area is 220 Å². The molecule has 4 N–H and O–H groups in total. The number of hydrogen-bond donors (Lipinski definition) is 4. The monoisotopic (exact) mass is 590 g/mol. The van der Waals surface area contributed by atoms with Crippen molar-refractivity contribution in [3.8, 4) is 0 Å². The van der Waals surface area contributed by atoms with Crippen molar-refractivity contribution in [1.29, 1.82) is 0 Å². The van der Waals surface area contributed by atoms with Gasteiger partial charge in [-0.05, 0) is 37.7 Å². The third kappa shape index (κ3) is 8.22. The van der Waals surface area contributed by atoms with Gasteiger partial charge in [0.1, 0.15) is 0 Å². The van der Waals surface area contributed by atoms with Gasteiger partial charge >= 0.3 is 26.9 Å². The summed E-state index contributed by atoms with van der Waals surface area (Å²) in [5, 5.41) is 5.42. The van der Waals surface area contributed by atoms with Gasteiger partial charge in [-0.1, -0.05) is 78.9 Å². The number of carbonyl (C=O) groups is 1. The lowest BCUT2D eigenvalue weighted by Gasteiger charge is -2.22. The molecule has 39 heavy (non-hydrogen) atoms. The highest BCUT2D eigenvalue weighted by molar-refractivity contribution is 7.52. The number of alkyl halides is 2. The summed E-state index contributed by atoms with van der Waals surface area (Å²) >= 11 is 0. The van der Waals surface area contributed by atoms with Crippen LogP contribution in [0.3, 0.4) is 0 Å². The van der Waals surface area contributed by atoms with Crippen molar-refractivity contribution in [3.63, 3.8) is 0 Å². The molecule has 0 radical (unpaired) electrons. The molecule has 3 aromatic rings. The molecular formula is C24H24F4N2O7P2. The Balaban J connectivity index is 1.81. The molecule has 0 aromatic heterocycles. The molecule has 0 aliphatic heterocycles. The van der Waals surface area contributed by atoms with E-state index in [1.165, 1.54) is 36.4 Å². The van der Waals surface area contributed by atoms with Gasteiger partial charge in [0.25, 0.3) is 0 Å². The molecule has 15 heteroatoms. The number of urea groups is 1. The number of hydrogen-bond acceptors (Lipinski definition) is 5. The van der Waals surface area contributed by atoms with E-state index < -0.39 is 44.7 Å². The third-order valence-electron chi connectivity index (χ3n) is 5.68. The maximum atomic E-state index is 14.1. The molecular weight excluding hydrogens is 566 g/mol. The van der Waals surface area contributed by atoms with Gasteiger partial charge in [-0.3, -0.25) is 9.13 Å². The second-order valence-electron chi connectivity index (χ2n) is 8.50. The number of benzene rings is 3. The number of rotatable bonds is 12. The topological polar surface area (TPSA) is 134 Å². The lowest BCUT2D eigenvalue weighted by molar-refractivity contribution is -0.0881. The highest BCUT2D eigenvalue weighted by Gasteiger charge is 2.50. The summed E-state index contributed by atoms with van der Waals surface area (Å²) in [5.41, 5.74) is -3.30. The largest absolute Gasteiger partial charge is 0.399 e. The zero-order valence-corrected chi connectivity index (χ0v) is 21.8. The minimum atomic E-state index is -5.77. The van der Waals surface area contributed by atoms with Crippen LogP contribution in [-0.2, 0) is 43.4 Å². The van der Waals surface area contributed by atoms with Crippen LogP contribution in [0.1, 0.15) is 33.9 Å². The molecule has 0 aliphatic rings. The van der Waals surface area contributed by atoms with Crippen molar-refractivity contribution in [1.82, 2.24) is 10.6 Å². The van der Waals surface area contributed by atoms with Crippen LogP contribution in [0.25, 0.3) is 0 Å². The fourth-order valence-electron chi connectivity index (χ4n) is 3.62. The van der Waals surface area contributed by atoms with E-state index in [-0.39, 0.29) is 18.5 Å². The fraction of sp³-hybridized carbons (Fsp3) is 0.208. The summed E-state index contributed by atoms with van der Waals surface area (Å²) in [6.45, 7) is 0.203. The Morgan fingerprint density at radius 3 is 1.95 bits per heavy atom. The van der Waals surface area contributed by atoms with Crippen molar-refractivity contribution in [2.45, 2.75) is 30.8 Å². The third-order valence-corrected chi connectivity index (χ3v) is 7.84. The van der Waals surface area contributed by atoms with E-state index in [0.29, 0.717) is 11.1 Å². The smallest absolute Gasteiger partial charge is 0.334 e. The van der Waals surface area contributed by atoms with Crippen LogP contribution in [0.15, 0.2) is 78.9 Å². The first-order chi connectivity index (χ1) is 18.4. The first-order valence-corrected chi connectivity index (χ1v) is 14.6. The summed E-state index contributed by atoms with van der Waals surface area (Å²) in [5.74, 6) is 0. The quantitative estimate of drug-likeness (QED) is 0.146.